The molecule has 2 fully saturated rings. The minimum absolute atomic E-state index is 0.379. The first kappa shape index (κ1) is 7.14. The smallest absolute Gasteiger partial charge is 0.0490 e. The van der Waals surface area contributed by atoms with Gasteiger partial charge in [0.25, 0.3) is 0 Å². The molecule has 0 saturated heterocycles. The fraction of sp³-hybridized carbons (Fsp3) is 0.818. The van der Waals surface area contributed by atoms with E-state index in [2.05, 4.69) is 12.2 Å². The maximum Gasteiger partial charge on any atom is 0.0490 e. The fourth-order valence-electron chi connectivity index (χ4n) is 3.29. The van der Waals surface area contributed by atoms with Crippen LogP contribution in [0.3, 0.4) is 0 Å². The molecule has 0 aromatic rings. The number of hydrogen-bond acceptors (Lipinski definition) is 1. The molecule has 12 heavy (non-hydrogen) atoms. The van der Waals surface area contributed by atoms with Gasteiger partial charge in [0.2, 0.25) is 0 Å². The standard InChI is InChI=1S/C11H16O/c12-7-11(3-4-11)10-6-8-1-2-9(10)5-8/h1-2,8-10,12H,3-7H2. The van der Waals surface area contributed by atoms with E-state index < -0.39 is 0 Å². The van der Waals surface area contributed by atoms with Gasteiger partial charge in [-0.1, -0.05) is 12.2 Å². The monoisotopic (exact) mass is 164 g/mol. The van der Waals surface area contributed by atoms with Gasteiger partial charge in [-0.2, -0.15) is 0 Å². The van der Waals surface area contributed by atoms with Gasteiger partial charge in [-0.05, 0) is 48.9 Å². The van der Waals surface area contributed by atoms with Crippen molar-refractivity contribution in [3.05, 3.63) is 12.2 Å². The molecule has 3 aliphatic rings. The third-order valence-corrected chi connectivity index (χ3v) is 4.27. The minimum atomic E-state index is 0.379. The summed E-state index contributed by atoms with van der Waals surface area (Å²) in [5, 5.41) is 9.32. The lowest BCUT2D eigenvalue weighted by molar-refractivity contribution is 0.139. The number of hydrogen-bond donors (Lipinski definition) is 1. The normalized spacial score (nSPS) is 46.9. The molecule has 1 heteroatoms. The molecular formula is C11H16O. The highest BCUT2D eigenvalue weighted by atomic mass is 16.3. The molecule has 1 nitrogen and oxygen atoms in total. The summed E-state index contributed by atoms with van der Waals surface area (Å²) < 4.78 is 0. The predicted octanol–water partition coefficient (Wildman–Crippen LogP) is 1.97. The van der Waals surface area contributed by atoms with Crippen molar-refractivity contribution in [3.8, 4) is 0 Å². The van der Waals surface area contributed by atoms with Crippen molar-refractivity contribution in [1.29, 1.82) is 0 Å². The second kappa shape index (κ2) is 2.14. The quantitative estimate of drug-likeness (QED) is 0.619. The molecule has 2 bridgehead atoms. The molecular weight excluding hydrogens is 148 g/mol. The summed E-state index contributed by atoms with van der Waals surface area (Å²) in [5.74, 6) is 2.52. The molecule has 2 saturated carbocycles. The van der Waals surface area contributed by atoms with Gasteiger partial charge in [0.05, 0.1) is 0 Å². The molecule has 1 N–H and O–H groups in total. The summed E-state index contributed by atoms with van der Waals surface area (Å²) in [4.78, 5) is 0. The predicted molar refractivity (Wildman–Crippen MR) is 47.6 cm³/mol. The van der Waals surface area contributed by atoms with Crippen LogP contribution < -0.4 is 0 Å². The van der Waals surface area contributed by atoms with Crippen LogP contribution >= 0.6 is 0 Å². The molecule has 0 heterocycles. The maximum absolute atomic E-state index is 9.32. The summed E-state index contributed by atoms with van der Waals surface area (Å²) in [6.07, 6.45) is 10.1. The molecule has 3 atom stereocenters. The van der Waals surface area contributed by atoms with Crippen LogP contribution in [0.15, 0.2) is 12.2 Å². The van der Waals surface area contributed by atoms with Crippen molar-refractivity contribution in [1.82, 2.24) is 0 Å². The maximum atomic E-state index is 9.32. The largest absolute Gasteiger partial charge is 0.396 e. The summed E-state index contributed by atoms with van der Waals surface area (Å²) >= 11 is 0. The van der Waals surface area contributed by atoms with E-state index >= 15 is 0 Å². The highest BCUT2D eigenvalue weighted by Gasteiger charge is 2.54. The lowest BCUT2D eigenvalue weighted by atomic mass is 9.80. The zero-order chi connectivity index (χ0) is 8.18. The number of allylic oxidation sites excluding steroid dienone is 2. The van der Waals surface area contributed by atoms with E-state index in [1.807, 2.05) is 0 Å². The van der Waals surface area contributed by atoms with E-state index in [9.17, 15) is 5.11 Å². The number of aliphatic hydroxyl groups is 1. The average molecular weight is 164 g/mol. The van der Waals surface area contributed by atoms with Gasteiger partial charge in [-0.15, -0.1) is 0 Å². The third kappa shape index (κ3) is 0.779. The van der Waals surface area contributed by atoms with Crippen LogP contribution in [0.4, 0.5) is 0 Å². The Morgan fingerprint density at radius 2 is 2.08 bits per heavy atom. The molecule has 66 valence electrons. The van der Waals surface area contributed by atoms with Gasteiger partial charge in [0.15, 0.2) is 0 Å². The van der Waals surface area contributed by atoms with Gasteiger partial charge in [-0.25, -0.2) is 0 Å². The van der Waals surface area contributed by atoms with E-state index in [4.69, 9.17) is 0 Å². The SMILES string of the molecule is OCC1(C2CC3C=CC2C3)CC1. The zero-order valence-electron chi connectivity index (χ0n) is 7.37. The van der Waals surface area contributed by atoms with Gasteiger partial charge in [0.1, 0.15) is 0 Å². The van der Waals surface area contributed by atoms with Crippen LogP contribution in [0, 0.1) is 23.2 Å². The molecule has 0 radical (unpaired) electrons. The number of aliphatic hydroxyl groups excluding tert-OH is 1. The molecule has 0 aromatic heterocycles. The zero-order valence-corrected chi connectivity index (χ0v) is 7.37. The Hall–Kier alpha value is -0.300. The molecule has 3 aliphatic carbocycles. The summed E-state index contributed by atoms with van der Waals surface area (Å²) in [5.41, 5.74) is 0.379. The van der Waals surface area contributed by atoms with Crippen molar-refractivity contribution in [3.63, 3.8) is 0 Å². The Labute approximate surface area is 73.5 Å². The van der Waals surface area contributed by atoms with Crippen molar-refractivity contribution >= 4 is 0 Å². The second-order valence-corrected chi connectivity index (χ2v) is 4.91. The first-order valence-corrected chi connectivity index (χ1v) is 5.13. The fourth-order valence-corrected chi connectivity index (χ4v) is 3.29. The van der Waals surface area contributed by atoms with Crippen LogP contribution in [0.5, 0.6) is 0 Å². The lowest BCUT2D eigenvalue weighted by Crippen LogP contribution is -2.23. The molecule has 0 amide bonds. The molecule has 0 spiro atoms. The highest BCUT2D eigenvalue weighted by Crippen LogP contribution is 2.61. The van der Waals surface area contributed by atoms with Crippen LogP contribution in [0.25, 0.3) is 0 Å². The first-order chi connectivity index (χ1) is 5.84. The molecule has 0 aliphatic heterocycles. The van der Waals surface area contributed by atoms with Crippen molar-refractivity contribution in [2.45, 2.75) is 25.7 Å². The summed E-state index contributed by atoms with van der Waals surface area (Å²) in [6.45, 7) is 0.439. The molecule has 3 unspecified atom stereocenters. The van der Waals surface area contributed by atoms with Crippen LogP contribution in [-0.4, -0.2) is 11.7 Å². The second-order valence-electron chi connectivity index (χ2n) is 4.91. The Balaban J connectivity index is 1.83. The van der Waals surface area contributed by atoms with E-state index in [1.165, 1.54) is 25.7 Å². The highest BCUT2D eigenvalue weighted by molar-refractivity contribution is 5.16. The number of rotatable bonds is 2. The third-order valence-electron chi connectivity index (χ3n) is 4.27. The van der Waals surface area contributed by atoms with Gasteiger partial charge in [-0.3, -0.25) is 0 Å². The van der Waals surface area contributed by atoms with Crippen LogP contribution in [0.1, 0.15) is 25.7 Å². The van der Waals surface area contributed by atoms with Crippen molar-refractivity contribution < 1.29 is 5.11 Å². The summed E-state index contributed by atoms with van der Waals surface area (Å²) in [7, 11) is 0. The molecule has 3 rings (SSSR count). The minimum Gasteiger partial charge on any atom is -0.396 e. The van der Waals surface area contributed by atoms with Crippen molar-refractivity contribution in [2.75, 3.05) is 6.61 Å². The average Bonchev–Trinajstić information content (AvgIpc) is 2.62. The Kier molecular flexibility index (Phi) is 1.27. The van der Waals surface area contributed by atoms with Gasteiger partial charge in [0, 0.05) is 6.61 Å². The van der Waals surface area contributed by atoms with Crippen LogP contribution in [-0.2, 0) is 0 Å². The first-order valence-electron chi connectivity index (χ1n) is 5.13. The Morgan fingerprint density at radius 1 is 1.25 bits per heavy atom. The van der Waals surface area contributed by atoms with E-state index in [1.54, 1.807) is 0 Å². The Bertz CT molecular complexity index is 227. The van der Waals surface area contributed by atoms with Crippen molar-refractivity contribution in [2.24, 2.45) is 23.2 Å². The van der Waals surface area contributed by atoms with E-state index in [-0.39, 0.29) is 0 Å². The van der Waals surface area contributed by atoms with E-state index in [0.717, 1.165) is 17.8 Å². The van der Waals surface area contributed by atoms with Gasteiger partial charge >= 0.3 is 0 Å². The van der Waals surface area contributed by atoms with E-state index in [0.29, 0.717) is 12.0 Å². The topological polar surface area (TPSA) is 20.2 Å². The summed E-state index contributed by atoms with van der Waals surface area (Å²) in [6, 6.07) is 0. The van der Waals surface area contributed by atoms with Crippen LogP contribution in [0.2, 0.25) is 0 Å². The molecule has 0 aromatic carbocycles. The lowest BCUT2D eigenvalue weighted by Gasteiger charge is -2.26. The van der Waals surface area contributed by atoms with Gasteiger partial charge < -0.3 is 5.11 Å². The number of fused-ring (bicyclic) bond motifs is 2. The Morgan fingerprint density at radius 3 is 2.50 bits per heavy atom.